The van der Waals surface area contributed by atoms with E-state index in [-0.39, 0.29) is 10.6 Å². The highest BCUT2D eigenvalue weighted by Gasteiger charge is 2.23. The van der Waals surface area contributed by atoms with Crippen molar-refractivity contribution in [3.05, 3.63) is 33.9 Å². The molecule has 0 radical (unpaired) electrons. The summed E-state index contributed by atoms with van der Waals surface area (Å²) in [5, 5.41) is 21.6. The van der Waals surface area contributed by atoms with Gasteiger partial charge < -0.3 is 14.9 Å². The average molecular weight is 322 g/mol. The molecule has 0 bridgehead atoms. The highest BCUT2D eigenvalue weighted by atomic mass is 16.6. The van der Waals surface area contributed by atoms with Crippen LogP contribution in [0.1, 0.15) is 5.56 Å². The summed E-state index contributed by atoms with van der Waals surface area (Å²) in [7, 11) is 3.88. The van der Waals surface area contributed by atoms with Gasteiger partial charge in [-0.1, -0.05) is 12.1 Å². The molecule has 1 unspecified atom stereocenters. The van der Waals surface area contributed by atoms with Crippen LogP contribution in [-0.4, -0.2) is 79.3 Å². The normalized spacial score (nSPS) is 17.9. The van der Waals surface area contributed by atoms with Gasteiger partial charge in [0.1, 0.15) is 5.69 Å². The molecule has 128 valence electrons. The molecule has 7 nitrogen and oxygen atoms in total. The van der Waals surface area contributed by atoms with Crippen molar-refractivity contribution in [2.45, 2.75) is 13.0 Å². The van der Waals surface area contributed by atoms with Gasteiger partial charge in [-0.05, 0) is 20.0 Å². The predicted octanol–water partition coefficient (Wildman–Crippen LogP) is 0.948. The topological polar surface area (TPSA) is 73.1 Å². The van der Waals surface area contributed by atoms with Gasteiger partial charge in [-0.2, -0.15) is 0 Å². The van der Waals surface area contributed by atoms with E-state index in [0.717, 1.165) is 26.2 Å². The Hall–Kier alpha value is -1.70. The largest absolute Gasteiger partial charge is 0.390 e. The molecule has 7 heteroatoms. The number of aryl methyl sites for hydroxylation is 1. The molecule has 0 aliphatic carbocycles. The van der Waals surface area contributed by atoms with E-state index < -0.39 is 6.10 Å². The second-order valence-corrected chi connectivity index (χ2v) is 6.34. The molecule has 1 fully saturated rings. The Labute approximate surface area is 137 Å². The fourth-order valence-electron chi connectivity index (χ4n) is 2.99. The maximum absolute atomic E-state index is 11.3. The fourth-order valence-corrected chi connectivity index (χ4v) is 2.99. The molecule has 0 spiro atoms. The number of nitrogens with zero attached hydrogens (tertiary/aromatic N) is 4. The molecule has 0 amide bonds. The Kier molecular flexibility index (Phi) is 5.92. The summed E-state index contributed by atoms with van der Waals surface area (Å²) in [6.45, 7) is 6.60. The van der Waals surface area contributed by atoms with Crippen molar-refractivity contribution in [1.82, 2.24) is 9.80 Å². The number of piperazine rings is 1. The summed E-state index contributed by atoms with van der Waals surface area (Å²) in [5.41, 5.74) is 1.29. The van der Waals surface area contributed by atoms with E-state index in [1.807, 2.05) is 0 Å². The van der Waals surface area contributed by atoms with Crippen molar-refractivity contribution in [3.8, 4) is 0 Å². The van der Waals surface area contributed by atoms with Gasteiger partial charge in [-0.25, -0.2) is 0 Å². The highest BCUT2D eigenvalue weighted by molar-refractivity contribution is 5.66. The van der Waals surface area contributed by atoms with Gasteiger partial charge in [-0.15, -0.1) is 0 Å². The number of para-hydroxylation sites is 1. The number of β-amino-alcohol motifs (C(OH)–C–C–N with tert-alkyl or cyclic N) is 1. The van der Waals surface area contributed by atoms with E-state index in [9.17, 15) is 15.2 Å². The third-order valence-electron chi connectivity index (χ3n) is 4.36. The number of benzene rings is 1. The first kappa shape index (κ1) is 17.7. The van der Waals surface area contributed by atoms with Crippen LogP contribution in [0.3, 0.4) is 0 Å². The van der Waals surface area contributed by atoms with Crippen LogP contribution in [-0.2, 0) is 0 Å². The molecule has 1 N–H and O–H groups in total. The summed E-state index contributed by atoms with van der Waals surface area (Å²) in [6, 6.07) is 5.27. The Balaban J connectivity index is 1.97. The summed E-state index contributed by atoms with van der Waals surface area (Å²) in [6.07, 6.45) is -0.538. The van der Waals surface area contributed by atoms with Crippen molar-refractivity contribution in [1.29, 1.82) is 0 Å². The van der Waals surface area contributed by atoms with Crippen LogP contribution in [0.25, 0.3) is 0 Å². The molecule has 1 aliphatic heterocycles. The lowest BCUT2D eigenvalue weighted by atomic mass is 10.1. The lowest BCUT2D eigenvalue weighted by Gasteiger charge is -2.34. The minimum absolute atomic E-state index is 0.113. The Morgan fingerprint density at radius 3 is 2.61 bits per heavy atom. The highest BCUT2D eigenvalue weighted by Crippen LogP contribution is 2.30. The lowest BCUT2D eigenvalue weighted by Crippen LogP contribution is -2.48. The molecular formula is C16H26N4O3. The summed E-state index contributed by atoms with van der Waals surface area (Å²) >= 11 is 0. The molecule has 1 aliphatic rings. The number of hydrogen-bond donors (Lipinski definition) is 1. The van der Waals surface area contributed by atoms with Crippen molar-refractivity contribution in [2.75, 3.05) is 58.3 Å². The maximum atomic E-state index is 11.3. The van der Waals surface area contributed by atoms with E-state index >= 15 is 0 Å². The van der Waals surface area contributed by atoms with Gasteiger partial charge in [0.15, 0.2) is 0 Å². The zero-order valence-electron chi connectivity index (χ0n) is 14.1. The molecule has 2 rings (SSSR count). The monoisotopic (exact) mass is 322 g/mol. The summed E-state index contributed by atoms with van der Waals surface area (Å²) < 4.78 is 0. The number of hydrogen-bond acceptors (Lipinski definition) is 6. The molecule has 1 atom stereocenters. The molecule has 1 aromatic rings. The minimum atomic E-state index is -0.538. The van der Waals surface area contributed by atoms with Crippen LogP contribution in [0, 0.1) is 17.0 Å². The van der Waals surface area contributed by atoms with Gasteiger partial charge in [0.2, 0.25) is 0 Å². The number of nitro benzene ring substituents is 1. The molecule has 23 heavy (non-hydrogen) atoms. The van der Waals surface area contributed by atoms with Gasteiger partial charge in [0.05, 0.1) is 11.0 Å². The van der Waals surface area contributed by atoms with E-state index in [2.05, 4.69) is 16.8 Å². The third-order valence-corrected chi connectivity index (χ3v) is 4.36. The van der Waals surface area contributed by atoms with Crippen LogP contribution in [0.5, 0.6) is 0 Å². The van der Waals surface area contributed by atoms with Crippen molar-refractivity contribution in [2.24, 2.45) is 0 Å². The quantitative estimate of drug-likeness (QED) is 0.621. The first-order valence-electron chi connectivity index (χ1n) is 7.92. The van der Waals surface area contributed by atoms with E-state index in [0.29, 0.717) is 24.3 Å². The van der Waals surface area contributed by atoms with E-state index in [4.69, 9.17) is 0 Å². The predicted molar refractivity (Wildman–Crippen MR) is 91.0 cm³/mol. The first-order chi connectivity index (χ1) is 10.9. The summed E-state index contributed by atoms with van der Waals surface area (Å²) in [4.78, 5) is 17.2. The summed E-state index contributed by atoms with van der Waals surface area (Å²) in [5.74, 6) is 0. The number of rotatable bonds is 6. The van der Waals surface area contributed by atoms with Crippen LogP contribution < -0.4 is 4.90 Å². The average Bonchev–Trinajstić information content (AvgIpc) is 2.48. The third kappa shape index (κ3) is 4.63. The molecular weight excluding hydrogens is 296 g/mol. The molecule has 1 heterocycles. The van der Waals surface area contributed by atoms with Gasteiger partial charge in [0.25, 0.3) is 5.69 Å². The molecule has 1 aromatic carbocycles. The zero-order chi connectivity index (χ0) is 17.0. The van der Waals surface area contributed by atoms with Crippen LogP contribution in [0.15, 0.2) is 18.2 Å². The maximum Gasteiger partial charge on any atom is 0.295 e. The van der Waals surface area contributed by atoms with E-state index in [1.165, 1.54) is 0 Å². The second-order valence-electron chi connectivity index (χ2n) is 6.34. The second kappa shape index (κ2) is 7.72. The minimum Gasteiger partial charge on any atom is -0.390 e. The van der Waals surface area contributed by atoms with Gasteiger partial charge >= 0.3 is 0 Å². The van der Waals surface area contributed by atoms with Crippen LogP contribution in [0.2, 0.25) is 0 Å². The van der Waals surface area contributed by atoms with Crippen molar-refractivity contribution < 1.29 is 10.0 Å². The fraction of sp³-hybridized carbons (Fsp3) is 0.625. The Morgan fingerprint density at radius 1 is 1.35 bits per heavy atom. The van der Waals surface area contributed by atoms with Crippen LogP contribution in [0.4, 0.5) is 11.4 Å². The smallest absolute Gasteiger partial charge is 0.295 e. The number of nitro groups is 1. The Bertz CT molecular complexity index is 544. The van der Waals surface area contributed by atoms with E-state index in [1.54, 1.807) is 37.1 Å². The number of likely N-dealkylation sites (N-methyl/N-ethyl adjacent to an activating group) is 2. The Morgan fingerprint density at radius 2 is 2.00 bits per heavy atom. The zero-order valence-corrected chi connectivity index (χ0v) is 14.1. The number of aliphatic hydroxyl groups excluding tert-OH is 1. The number of anilines is 1. The molecule has 0 saturated carbocycles. The molecule has 1 saturated heterocycles. The van der Waals surface area contributed by atoms with Gasteiger partial charge in [0, 0.05) is 51.9 Å². The number of aliphatic hydroxyl groups is 1. The molecule has 0 aromatic heterocycles. The SMILES string of the molecule is Cc1cccc(N(C)CC(O)CN2CCN(C)CC2)c1[N+](=O)[O-]. The van der Waals surface area contributed by atoms with Crippen molar-refractivity contribution >= 4 is 11.4 Å². The lowest BCUT2D eigenvalue weighted by molar-refractivity contribution is -0.384. The first-order valence-corrected chi connectivity index (χ1v) is 7.92. The standard InChI is InChI=1S/C16H26N4O3/c1-13-5-4-6-15(16(13)20(22)23)18(3)11-14(21)12-19-9-7-17(2)8-10-19/h4-6,14,21H,7-12H2,1-3H3. The van der Waals surface area contributed by atoms with Crippen LogP contribution >= 0.6 is 0 Å². The van der Waals surface area contributed by atoms with Gasteiger partial charge in [-0.3, -0.25) is 15.0 Å². The van der Waals surface area contributed by atoms with Crippen molar-refractivity contribution in [3.63, 3.8) is 0 Å².